The van der Waals surface area contributed by atoms with Gasteiger partial charge in [-0.25, -0.2) is 4.98 Å². The molecule has 0 spiro atoms. The van der Waals surface area contributed by atoms with Gasteiger partial charge in [-0.15, -0.1) is 16.7 Å². The van der Waals surface area contributed by atoms with E-state index in [1.54, 1.807) is 12.5 Å². The van der Waals surface area contributed by atoms with Crippen molar-refractivity contribution >= 4 is 23.2 Å². The number of alkyl halides is 1. The van der Waals surface area contributed by atoms with Gasteiger partial charge in [-0.05, 0) is 42.7 Å². The van der Waals surface area contributed by atoms with E-state index in [0.717, 1.165) is 30.0 Å². The van der Waals surface area contributed by atoms with Crippen LogP contribution in [0, 0.1) is 0 Å². The largest absolute Gasteiger partial charge is 0.323 e. The normalized spacial score (nSPS) is 12.0. The minimum absolute atomic E-state index is 0.145. The van der Waals surface area contributed by atoms with Crippen LogP contribution in [0.25, 0.3) is 5.69 Å². The van der Waals surface area contributed by atoms with Gasteiger partial charge in [0.1, 0.15) is 5.82 Å². The summed E-state index contributed by atoms with van der Waals surface area (Å²) < 4.78 is 1.95. The molecule has 4 rings (SSSR count). The lowest BCUT2D eigenvalue weighted by Crippen LogP contribution is -2.04. The Morgan fingerprint density at radius 1 is 1.07 bits per heavy atom. The van der Waals surface area contributed by atoms with Crippen molar-refractivity contribution in [2.75, 3.05) is 11.2 Å². The highest BCUT2D eigenvalue weighted by Crippen LogP contribution is 2.28. The molecule has 7 heteroatoms. The highest BCUT2D eigenvalue weighted by molar-refractivity contribution is 6.17. The third-order valence-electron chi connectivity index (χ3n) is 4.59. The molecule has 0 saturated heterocycles. The number of H-pyrrole nitrogens is 1. The van der Waals surface area contributed by atoms with Crippen LogP contribution in [0.5, 0.6) is 0 Å². The van der Waals surface area contributed by atoms with Gasteiger partial charge in [0, 0.05) is 35.6 Å². The Hall–Kier alpha value is -3.12. The number of rotatable bonds is 8. The van der Waals surface area contributed by atoms with E-state index in [0.29, 0.717) is 11.8 Å². The maximum absolute atomic E-state index is 5.92. The summed E-state index contributed by atoms with van der Waals surface area (Å²) in [6.07, 6.45) is 7.28. The molecule has 0 radical (unpaired) electrons. The summed E-state index contributed by atoms with van der Waals surface area (Å²) in [6.45, 7) is 0. The molecule has 0 aliphatic heterocycles. The van der Waals surface area contributed by atoms with Crippen molar-refractivity contribution in [2.45, 2.75) is 18.8 Å². The summed E-state index contributed by atoms with van der Waals surface area (Å²) in [5, 5.41) is 10.7. The molecule has 2 heterocycles. The van der Waals surface area contributed by atoms with Crippen LogP contribution in [-0.2, 0) is 0 Å². The SMILES string of the molecule is ClCCCC(c1ccccc1)c1nc(Nc2ccc(-n3ccnc3)cc2)n[nH]1. The van der Waals surface area contributed by atoms with Crippen LogP contribution < -0.4 is 5.32 Å². The summed E-state index contributed by atoms with van der Waals surface area (Å²) >= 11 is 5.92. The zero-order valence-corrected chi connectivity index (χ0v) is 16.0. The van der Waals surface area contributed by atoms with Crippen LogP contribution in [0.15, 0.2) is 73.3 Å². The lowest BCUT2D eigenvalue weighted by Gasteiger charge is -2.13. The van der Waals surface area contributed by atoms with Crippen LogP contribution in [0.2, 0.25) is 0 Å². The highest BCUT2D eigenvalue weighted by Gasteiger charge is 2.18. The molecule has 2 aromatic carbocycles. The molecular formula is C21H21ClN6. The number of hydrogen-bond acceptors (Lipinski definition) is 4. The van der Waals surface area contributed by atoms with Crippen molar-refractivity contribution in [1.82, 2.24) is 24.7 Å². The molecule has 28 heavy (non-hydrogen) atoms. The lowest BCUT2D eigenvalue weighted by molar-refractivity contribution is 0.664. The number of halogens is 1. The first-order valence-electron chi connectivity index (χ1n) is 9.22. The van der Waals surface area contributed by atoms with Gasteiger partial charge in [-0.1, -0.05) is 30.3 Å². The van der Waals surface area contributed by atoms with Crippen molar-refractivity contribution in [3.63, 3.8) is 0 Å². The molecule has 1 atom stereocenters. The summed E-state index contributed by atoms with van der Waals surface area (Å²) in [5.41, 5.74) is 3.18. The molecule has 2 aromatic heterocycles. The molecular weight excluding hydrogens is 372 g/mol. The van der Waals surface area contributed by atoms with Crippen molar-refractivity contribution in [1.29, 1.82) is 0 Å². The Kier molecular flexibility index (Phi) is 5.68. The van der Waals surface area contributed by atoms with E-state index in [1.165, 1.54) is 5.56 Å². The molecule has 0 aliphatic rings. The maximum Gasteiger partial charge on any atom is 0.246 e. The van der Waals surface area contributed by atoms with Crippen LogP contribution in [0.4, 0.5) is 11.6 Å². The second kappa shape index (κ2) is 8.71. The van der Waals surface area contributed by atoms with Crippen LogP contribution in [0.1, 0.15) is 30.1 Å². The van der Waals surface area contributed by atoms with Gasteiger partial charge < -0.3 is 9.88 Å². The van der Waals surface area contributed by atoms with Crippen molar-refractivity contribution in [3.05, 3.63) is 84.7 Å². The first-order valence-corrected chi connectivity index (χ1v) is 9.75. The van der Waals surface area contributed by atoms with Gasteiger partial charge in [0.05, 0.1) is 6.33 Å². The molecule has 0 fully saturated rings. The number of nitrogens with zero attached hydrogens (tertiary/aromatic N) is 4. The molecule has 0 amide bonds. The van der Waals surface area contributed by atoms with Gasteiger partial charge in [0.25, 0.3) is 0 Å². The molecule has 6 nitrogen and oxygen atoms in total. The smallest absolute Gasteiger partial charge is 0.246 e. The fourth-order valence-corrected chi connectivity index (χ4v) is 3.33. The molecule has 1 unspecified atom stereocenters. The van der Waals surface area contributed by atoms with E-state index in [1.807, 2.05) is 53.2 Å². The third-order valence-corrected chi connectivity index (χ3v) is 4.85. The molecule has 0 bridgehead atoms. The van der Waals surface area contributed by atoms with E-state index in [4.69, 9.17) is 11.6 Å². The number of nitrogens with one attached hydrogen (secondary N) is 2. The second-order valence-electron chi connectivity index (χ2n) is 6.48. The fourth-order valence-electron chi connectivity index (χ4n) is 3.17. The number of anilines is 2. The number of aromatic nitrogens is 5. The second-order valence-corrected chi connectivity index (χ2v) is 6.86. The molecule has 0 saturated carbocycles. The van der Waals surface area contributed by atoms with Crippen molar-refractivity contribution < 1.29 is 0 Å². The number of imidazole rings is 1. The first-order chi connectivity index (χ1) is 13.8. The predicted octanol–water partition coefficient (Wildman–Crippen LogP) is 4.88. The first kappa shape index (κ1) is 18.3. The molecule has 4 aromatic rings. The van der Waals surface area contributed by atoms with E-state index in [9.17, 15) is 0 Å². The van der Waals surface area contributed by atoms with Crippen LogP contribution >= 0.6 is 11.6 Å². The van der Waals surface area contributed by atoms with Crippen LogP contribution in [0.3, 0.4) is 0 Å². The molecule has 2 N–H and O–H groups in total. The minimum atomic E-state index is 0.145. The zero-order chi connectivity index (χ0) is 19.2. The van der Waals surface area contributed by atoms with E-state index in [2.05, 4.69) is 37.6 Å². The Balaban J connectivity index is 1.50. The predicted molar refractivity (Wildman–Crippen MR) is 111 cm³/mol. The zero-order valence-electron chi connectivity index (χ0n) is 15.3. The summed E-state index contributed by atoms with van der Waals surface area (Å²) in [6, 6.07) is 18.4. The quantitative estimate of drug-likeness (QED) is 0.419. The number of aromatic amines is 1. The van der Waals surface area contributed by atoms with E-state index < -0.39 is 0 Å². The van der Waals surface area contributed by atoms with Gasteiger partial charge in [-0.2, -0.15) is 4.98 Å². The Labute approximate surface area is 168 Å². The number of benzene rings is 2. The average molecular weight is 393 g/mol. The summed E-state index contributed by atoms with van der Waals surface area (Å²) in [4.78, 5) is 8.74. The van der Waals surface area contributed by atoms with Crippen molar-refractivity contribution in [3.8, 4) is 5.69 Å². The van der Waals surface area contributed by atoms with Gasteiger partial charge in [0.2, 0.25) is 5.95 Å². The maximum atomic E-state index is 5.92. The van der Waals surface area contributed by atoms with Gasteiger partial charge in [0.15, 0.2) is 0 Å². The third kappa shape index (κ3) is 4.23. The van der Waals surface area contributed by atoms with E-state index >= 15 is 0 Å². The monoisotopic (exact) mass is 392 g/mol. The topological polar surface area (TPSA) is 71.4 Å². The van der Waals surface area contributed by atoms with E-state index in [-0.39, 0.29) is 5.92 Å². The Morgan fingerprint density at radius 3 is 2.61 bits per heavy atom. The van der Waals surface area contributed by atoms with Gasteiger partial charge >= 0.3 is 0 Å². The standard InChI is InChI=1S/C21H21ClN6/c22-12-4-7-19(16-5-2-1-3-6-16)20-25-21(27-26-20)24-17-8-10-18(11-9-17)28-14-13-23-15-28/h1-3,5-6,8-11,13-15,19H,4,7,12H2,(H2,24,25,26,27). The van der Waals surface area contributed by atoms with Crippen LogP contribution in [-0.4, -0.2) is 30.6 Å². The molecule has 142 valence electrons. The fraction of sp³-hybridized carbons (Fsp3) is 0.190. The Morgan fingerprint density at radius 2 is 1.89 bits per heavy atom. The van der Waals surface area contributed by atoms with Crippen molar-refractivity contribution in [2.24, 2.45) is 0 Å². The Bertz CT molecular complexity index is 979. The highest BCUT2D eigenvalue weighted by atomic mass is 35.5. The molecule has 0 aliphatic carbocycles. The average Bonchev–Trinajstić information content (AvgIpc) is 3.43. The summed E-state index contributed by atoms with van der Waals surface area (Å²) in [5.74, 6) is 2.17. The lowest BCUT2D eigenvalue weighted by atomic mass is 9.94. The summed E-state index contributed by atoms with van der Waals surface area (Å²) in [7, 11) is 0. The number of hydrogen-bond donors (Lipinski definition) is 2. The van der Waals surface area contributed by atoms with Gasteiger partial charge in [-0.3, -0.25) is 5.10 Å². The minimum Gasteiger partial charge on any atom is -0.323 e.